The lowest BCUT2D eigenvalue weighted by atomic mass is 10.2. The summed E-state index contributed by atoms with van der Waals surface area (Å²) in [6.07, 6.45) is 0. The summed E-state index contributed by atoms with van der Waals surface area (Å²) in [5, 5.41) is 8.50. The smallest absolute Gasteiger partial charge is 0.335 e. The van der Waals surface area contributed by atoms with Crippen molar-refractivity contribution in [2.45, 2.75) is 0 Å². The van der Waals surface area contributed by atoms with Crippen LogP contribution in [0.2, 0.25) is 0 Å². The molecule has 0 amide bonds. The molecule has 1 aromatic carbocycles. The lowest BCUT2D eigenvalue weighted by molar-refractivity contribution is 0.0696. The second-order valence-corrected chi connectivity index (χ2v) is 3.01. The van der Waals surface area contributed by atoms with Gasteiger partial charge in [0.2, 0.25) is 0 Å². The van der Waals surface area contributed by atoms with Gasteiger partial charge in [0.25, 0.3) is 0 Å². The number of nitrogens with two attached hydrogens (primary N) is 1. The minimum atomic E-state index is -1.19. The van der Waals surface area contributed by atoms with Crippen molar-refractivity contribution in [3.8, 4) is 0 Å². The zero-order valence-electron chi connectivity index (χ0n) is 6.25. The number of aromatic carboxylic acids is 1. The molecule has 0 spiro atoms. The Morgan fingerprint density at radius 3 is 2.46 bits per heavy atom. The van der Waals surface area contributed by atoms with E-state index in [-0.39, 0.29) is 28.1 Å². The number of rotatable bonds is 1. The molecule has 13 heavy (non-hydrogen) atoms. The molecule has 0 bridgehead atoms. The number of carboxylic acid groups (broad SMARTS) is 1. The predicted octanol–water partition coefficient (Wildman–Crippen LogP) is 2.29. The summed E-state index contributed by atoms with van der Waals surface area (Å²) < 4.78 is 13.0. The normalized spacial score (nSPS) is 9.08. The first-order valence-electron chi connectivity index (χ1n) is 3.00. The fourth-order valence-corrected chi connectivity index (χ4v) is 1.14. The number of hydrogen-bond donors (Lipinski definition) is 2. The molecular formula is C7H6BrClFNO2. The highest BCUT2D eigenvalue weighted by Crippen LogP contribution is 2.23. The van der Waals surface area contributed by atoms with Gasteiger partial charge in [-0.15, -0.1) is 12.4 Å². The topological polar surface area (TPSA) is 63.3 Å². The maximum Gasteiger partial charge on any atom is 0.335 e. The zero-order chi connectivity index (χ0) is 9.30. The Balaban J connectivity index is 0.00000144. The van der Waals surface area contributed by atoms with Crippen molar-refractivity contribution >= 4 is 40.0 Å². The van der Waals surface area contributed by atoms with Crippen LogP contribution in [0.15, 0.2) is 16.6 Å². The summed E-state index contributed by atoms with van der Waals surface area (Å²) >= 11 is 2.94. The highest BCUT2D eigenvalue weighted by Gasteiger charge is 2.09. The molecule has 0 atom stereocenters. The summed E-state index contributed by atoms with van der Waals surface area (Å²) in [4.78, 5) is 10.4. The number of carbonyl (C=O) groups is 1. The summed E-state index contributed by atoms with van der Waals surface area (Å²) in [7, 11) is 0. The second-order valence-electron chi connectivity index (χ2n) is 2.16. The Bertz CT molecular complexity index is 322. The van der Waals surface area contributed by atoms with Gasteiger partial charge in [0.05, 0.1) is 11.3 Å². The van der Waals surface area contributed by atoms with Gasteiger partial charge < -0.3 is 10.8 Å². The van der Waals surface area contributed by atoms with E-state index in [0.717, 1.165) is 6.07 Å². The third-order valence-electron chi connectivity index (χ3n) is 1.33. The molecule has 0 aliphatic rings. The van der Waals surface area contributed by atoms with Crippen LogP contribution < -0.4 is 5.73 Å². The van der Waals surface area contributed by atoms with Gasteiger partial charge in [0.1, 0.15) is 5.82 Å². The van der Waals surface area contributed by atoms with Gasteiger partial charge in [-0.05, 0) is 28.1 Å². The quantitative estimate of drug-likeness (QED) is 0.770. The van der Waals surface area contributed by atoms with E-state index in [1.54, 1.807) is 0 Å². The van der Waals surface area contributed by atoms with Crippen LogP contribution >= 0.6 is 28.3 Å². The van der Waals surface area contributed by atoms with Crippen molar-refractivity contribution < 1.29 is 14.3 Å². The fraction of sp³-hybridized carbons (Fsp3) is 0. The van der Waals surface area contributed by atoms with Crippen LogP contribution in [0.5, 0.6) is 0 Å². The van der Waals surface area contributed by atoms with Crippen molar-refractivity contribution in [1.29, 1.82) is 0 Å². The van der Waals surface area contributed by atoms with E-state index in [9.17, 15) is 9.18 Å². The summed E-state index contributed by atoms with van der Waals surface area (Å²) in [5.74, 6) is -1.92. The lowest BCUT2D eigenvalue weighted by Gasteiger charge is -2.01. The van der Waals surface area contributed by atoms with E-state index >= 15 is 0 Å². The largest absolute Gasteiger partial charge is 0.478 e. The van der Waals surface area contributed by atoms with E-state index in [4.69, 9.17) is 10.8 Å². The third kappa shape index (κ3) is 2.57. The predicted molar refractivity (Wildman–Crippen MR) is 52.7 cm³/mol. The van der Waals surface area contributed by atoms with Crippen molar-refractivity contribution in [2.75, 3.05) is 5.73 Å². The number of benzene rings is 1. The molecule has 72 valence electrons. The SMILES string of the molecule is Cl.Nc1c(F)cc(C(=O)O)cc1Br. The molecule has 0 aliphatic heterocycles. The van der Waals surface area contributed by atoms with Gasteiger partial charge in [0.15, 0.2) is 0 Å². The van der Waals surface area contributed by atoms with E-state index in [0.29, 0.717) is 0 Å². The Labute approximate surface area is 88.3 Å². The molecule has 1 rings (SSSR count). The maximum atomic E-state index is 12.8. The molecule has 0 saturated heterocycles. The van der Waals surface area contributed by atoms with Gasteiger partial charge in [0, 0.05) is 4.47 Å². The monoisotopic (exact) mass is 269 g/mol. The van der Waals surface area contributed by atoms with Gasteiger partial charge in [-0.2, -0.15) is 0 Å². The summed E-state index contributed by atoms with van der Waals surface area (Å²) in [6, 6.07) is 2.13. The molecule has 1 aromatic rings. The Hall–Kier alpha value is -0.810. The molecule has 0 fully saturated rings. The van der Waals surface area contributed by atoms with Crippen molar-refractivity contribution in [3.63, 3.8) is 0 Å². The maximum absolute atomic E-state index is 12.8. The van der Waals surface area contributed by atoms with Crippen LogP contribution in [0.1, 0.15) is 10.4 Å². The van der Waals surface area contributed by atoms with Crippen LogP contribution in [0.25, 0.3) is 0 Å². The minimum Gasteiger partial charge on any atom is -0.478 e. The first-order chi connectivity index (χ1) is 5.52. The Kier molecular flexibility index (Phi) is 4.16. The van der Waals surface area contributed by atoms with Crippen LogP contribution in [-0.4, -0.2) is 11.1 Å². The summed E-state index contributed by atoms with van der Waals surface area (Å²) in [6.45, 7) is 0. The highest BCUT2D eigenvalue weighted by atomic mass is 79.9. The van der Waals surface area contributed by atoms with Crippen molar-refractivity contribution in [3.05, 3.63) is 28.0 Å². The molecule has 0 saturated carbocycles. The summed E-state index contributed by atoms with van der Waals surface area (Å²) in [5.41, 5.74) is 5.02. The molecule has 6 heteroatoms. The van der Waals surface area contributed by atoms with E-state index in [2.05, 4.69) is 15.9 Å². The lowest BCUT2D eigenvalue weighted by Crippen LogP contribution is -2.00. The van der Waals surface area contributed by atoms with E-state index in [1.165, 1.54) is 6.07 Å². The molecule has 3 N–H and O–H groups in total. The molecule has 0 heterocycles. The fourth-order valence-electron chi connectivity index (χ4n) is 0.708. The van der Waals surface area contributed by atoms with Gasteiger partial charge in [-0.3, -0.25) is 0 Å². The molecule has 0 unspecified atom stereocenters. The number of hydrogen-bond acceptors (Lipinski definition) is 2. The average Bonchev–Trinajstić information content (AvgIpc) is 1.99. The molecule has 3 nitrogen and oxygen atoms in total. The second kappa shape index (κ2) is 4.43. The molecule has 0 radical (unpaired) electrons. The number of nitrogen functional groups attached to an aromatic ring is 1. The molecule has 0 aromatic heterocycles. The first kappa shape index (κ1) is 12.2. The zero-order valence-corrected chi connectivity index (χ0v) is 8.65. The van der Waals surface area contributed by atoms with Crippen LogP contribution in [-0.2, 0) is 0 Å². The van der Waals surface area contributed by atoms with Crippen LogP contribution in [0.4, 0.5) is 10.1 Å². The average molecular weight is 270 g/mol. The third-order valence-corrected chi connectivity index (χ3v) is 1.98. The Morgan fingerprint density at radius 2 is 2.08 bits per heavy atom. The van der Waals surface area contributed by atoms with Crippen molar-refractivity contribution in [2.24, 2.45) is 0 Å². The van der Waals surface area contributed by atoms with Crippen molar-refractivity contribution in [1.82, 2.24) is 0 Å². The van der Waals surface area contributed by atoms with Gasteiger partial charge in [-0.25, -0.2) is 9.18 Å². The number of carboxylic acids is 1. The standard InChI is InChI=1S/C7H5BrFNO2.ClH/c8-4-1-3(7(11)12)2-5(9)6(4)10;/h1-2H,10H2,(H,11,12);1H. The molecule has 0 aliphatic carbocycles. The van der Waals surface area contributed by atoms with Crippen LogP contribution in [0.3, 0.4) is 0 Å². The first-order valence-corrected chi connectivity index (χ1v) is 3.79. The number of halogens is 3. The molecular weight excluding hydrogens is 264 g/mol. The minimum absolute atomic E-state index is 0. The van der Waals surface area contributed by atoms with Gasteiger partial charge in [-0.1, -0.05) is 0 Å². The number of anilines is 1. The van der Waals surface area contributed by atoms with Crippen LogP contribution in [0, 0.1) is 5.82 Å². The van der Waals surface area contributed by atoms with Gasteiger partial charge >= 0.3 is 5.97 Å². The highest BCUT2D eigenvalue weighted by molar-refractivity contribution is 9.10. The van der Waals surface area contributed by atoms with E-state index < -0.39 is 11.8 Å². The van der Waals surface area contributed by atoms with E-state index in [1.807, 2.05) is 0 Å². The Morgan fingerprint density at radius 1 is 1.54 bits per heavy atom.